The van der Waals surface area contributed by atoms with Crippen molar-refractivity contribution in [2.45, 2.75) is 4.90 Å². The molecule has 3 aromatic rings. The molecule has 0 aliphatic heterocycles. The first kappa shape index (κ1) is 18.1. The van der Waals surface area contributed by atoms with Crippen LogP contribution < -0.4 is 5.43 Å². The third kappa shape index (κ3) is 2.96. The number of carboxylic acid groups (broad SMARTS) is 1. The second-order valence-corrected chi connectivity index (χ2v) is 7.70. The molecule has 0 atom stereocenters. The number of aromatic carboxylic acids is 1. The molecule has 1 aromatic heterocycles. The van der Waals surface area contributed by atoms with Crippen molar-refractivity contribution in [3.63, 3.8) is 0 Å². The number of sulfonamides is 1. The van der Waals surface area contributed by atoms with Crippen LogP contribution in [0.1, 0.15) is 10.4 Å². The zero-order valence-corrected chi connectivity index (χ0v) is 14.5. The molecule has 0 unspecified atom stereocenters. The Morgan fingerprint density at radius 3 is 2.35 bits per heavy atom. The minimum atomic E-state index is -3.89. The average molecular weight is 377 g/mol. The Labute approximate surface area is 147 Å². The van der Waals surface area contributed by atoms with Gasteiger partial charge in [-0.15, -0.1) is 0 Å². The summed E-state index contributed by atoms with van der Waals surface area (Å²) >= 11 is 0. The second-order valence-electron chi connectivity index (χ2n) is 5.66. The number of hydrogen-bond acceptors (Lipinski definition) is 6. The predicted octanol–water partition coefficient (Wildman–Crippen LogP) is 1.26. The van der Waals surface area contributed by atoms with Crippen molar-refractivity contribution in [3.05, 3.63) is 52.2 Å². The Morgan fingerprint density at radius 1 is 1.12 bits per heavy atom. The Morgan fingerprint density at radius 2 is 1.73 bits per heavy atom. The van der Waals surface area contributed by atoms with Gasteiger partial charge in [-0.25, -0.2) is 13.2 Å². The van der Waals surface area contributed by atoms with Gasteiger partial charge in [0.05, 0.1) is 27.8 Å². The van der Waals surface area contributed by atoms with E-state index in [4.69, 9.17) is 14.6 Å². The maximum Gasteiger partial charge on any atom is 0.335 e. The van der Waals surface area contributed by atoms with Gasteiger partial charge >= 0.3 is 5.97 Å². The Bertz CT molecular complexity index is 1180. The van der Waals surface area contributed by atoms with Crippen molar-refractivity contribution >= 4 is 37.9 Å². The fourth-order valence-corrected chi connectivity index (χ4v) is 3.76. The summed E-state index contributed by atoms with van der Waals surface area (Å²) in [6, 6.07) is 7.79. The molecule has 0 fully saturated rings. The zero-order chi connectivity index (χ0) is 19.1. The maximum atomic E-state index is 12.7. The molecule has 0 amide bonds. The summed E-state index contributed by atoms with van der Waals surface area (Å²) in [5.74, 6) is -1.19. The van der Waals surface area contributed by atoms with Crippen LogP contribution in [0.5, 0.6) is 0 Å². The lowest BCUT2D eigenvalue weighted by molar-refractivity contribution is 0.0697. The van der Waals surface area contributed by atoms with Crippen LogP contribution in [0.4, 0.5) is 0 Å². The van der Waals surface area contributed by atoms with Crippen LogP contribution in [-0.4, -0.2) is 49.1 Å². The molecule has 2 N–H and O–H groups in total. The van der Waals surface area contributed by atoms with Gasteiger partial charge in [-0.1, -0.05) is 0 Å². The quantitative estimate of drug-likeness (QED) is 0.641. The van der Waals surface area contributed by atoms with Gasteiger partial charge in [-0.2, -0.15) is 4.31 Å². The largest absolute Gasteiger partial charge is 0.478 e. The van der Waals surface area contributed by atoms with Crippen LogP contribution >= 0.6 is 0 Å². The van der Waals surface area contributed by atoms with E-state index in [0.717, 1.165) is 4.31 Å². The molecular formula is C17H15NO7S. The molecule has 0 bridgehead atoms. The van der Waals surface area contributed by atoms with E-state index in [1.54, 1.807) is 0 Å². The third-order valence-corrected chi connectivity index (χ3v) is 5.86. The molecule has 3 rings (SSSR count). The SMILES string of the molecule is CN(CCO)S(=O)(=O)c1ccc2oc3ccc(C(=O)O)cc3c(=O)c2c1. The molecule has 0 saturated carbocycles. The number of likely N-dealkylation sites (N-methyl/N-ethyl adjacent to an activating group) is 1. The molecule has 0 aliphatic rings. The van der Waals surface area contributed by atoms with Crippen molar-refractivity contribution in [3.8, 4) is 0 Å². The van der Waals surface area contributed by atoms with Gasteiger partial charge < -0.3 is 14.6 Å². The van der Waals surface area contributed by atoms with Gasteiger partial charge in [0, 0.05) is 13.6 Å². The van der Waals surface area contributed by atoms with Crippen molar-refractivity contribution in [2.75, 3.05) is 20.2 Å². The number of benzene rings is 2. The number of aliphatic hydroxyl groups is 1. The van der Waals surface area contributed by atoms with E-state index >= 15 is 0 Å². The lowest BCUT2D eigenvalue weighted by atomic mass is 10.1. The minimum absolute atomic E-state index is 0.0264. The summed E-state index contributed by atoms with van der Waals surface area (Å²) < 4.78 is 31.5. The maximum absolute atomic E-state index is 12.7. The van der Waals surface area contributed by atoms with Crippen molar-refractivity contribution in [2.24, 2.45) is 0 Å². The smallest absolute Gasteiger partial charge is 0.335 e. The zero-order valence-electron chi connectivity index (χ0n) is 13.7. The molecule has 0 radical (unpaired) electrons. The van der Waals surface area contributed by atoms with Gasteiger partial charge in [0.25, 0.3) is 0 Å². The molecule has 0 saturated heterocycles. The molecular weight excluding hydrogens is 362 g/mol. The van der Waals surface area contributed by atoms with Crippen LogP contribution in [0, 0.1) is 0 Å². The number of rotatable bonds is 5. The molecule has 1 heterocycles. The van der Waals surface area contributed by atoms with Crippen molar-refractivity contribution in [1.29, 1.82) is 0 Å². The highest BCUT2D eigenvalue weighted by atomic mass is 32.2. The van der Waals surface area contributed by atoms with E-state index in [0.29, 0.717) is 0 Å². The lowest BCUT2D eigenvalue weighted by Crippen LogP contribution is -2.29. The van der Waals surface area contributed by atoms with E-state index in [1.165, 1.54) is 43.4 Å². The van der Waals surface area contributed by atoms with E-state index in [9.17, 15) is 18.0 Å². The number of aliphatic hydroxyl groups excluding tert-OH is 1. The minimum Gasteiger partial charge on any atom is -0.478 e. The van der Waals surface area contributed by atoms with E-state index in [-0.39, 0.29) is 45.5 Å². The highest BCUT2D eigenvalue weighted by Gasteiger charge is 2.22. The predicted molar refractivity (Wildman–Crippen MR) is 93.9 cm³/mol. The van der Waals surface area contributed by atoms with Gasteiger partial charge in [-0.05, 0) is 36.4 Å². The number of nitrogens with zero attached hydrogens (tertiary/aromatic N) is 1. The fourth-order valence-electron chi connectivity index (χ4n) is 2.57. The first-order chi connectivity index (χ1) is 12.3. The lowest BCUT2D eigenvalue weighted by Gasteiger charge is -2.16. The first-order valence-electron chi connectivity index (χ1n) is 7.57. The summed E-state index contributed by atoms with van der Waals surface area (Å²) in [6.45, 7) is -0.428. The molecule has 9 heteroatoms. The molecule has 136 valence electrons. The van der Waals surface area contributed by atoms with Crippen LogP contribution in [0.15, 0.2) is 50.5 Å². The topological polar surface area (TPSA) is 125 Å². The highest BCUT2D eigenvalue weighted by Crippen LogP contribution is 2.23. The summed E-state index contributed by atoms with van der Waals surface area (Å²) in [7, 11) is -2.57. The van der Waals surface area contributed by atoms with E-state index < -0.39 is 21.4 Å². The standard InChI is InChI=1S/C17H15NO7S/c1-18(6-7-19)26(23,24)11-3-5-15-13(9-11)16(20)12-8-10(17(21)22)2-4-14(12)25-15/h2-5,8-9,19H,6-7H2,1H3,(H,21,22). The van der Waals surface area contributed by atoms with Crippen LogP contribution in [0.25, 0.3) is 21.9 Å². The summed E-state index contributed by atoms with van der Waals surface area (Å²) in [6.07, 6.45) is 0. The third-order valence-electron chi connectivity index (χ3n) is 4.01. The van der Waals surface area contributed by atoms with Crippen LogP contribution in [0.3, 0.4) is 0 Å². The first-order valence-corrected chi connectivity index (χ1v) is 9.01. The Kier molecular flexibility index (Phi) is 4.53. The van der Waals surface area contributed by atoms with E-state index in [2.05, 4.69) is 0 Å². The fraction of sp³-hybridized carbons (Fsp3) is 0.176. The monoisotopic (exact) mass is 377 g/mol. The van der Waals surface area contributed by atoms with Gasteiger partial charge in [-0.3, -0.25) is 4.79 Å². The summed E-state index contributed by atoms with van der Waals surface area (Å²) in [5.41, 5.74) is -0.198. The Hall–Kier alpha value is -2.75. The van der Waals surface area contributed by atoms with Crippen molar-refractivity contribution in [1.82, 2.24) is 4.31 Å². The average Bonchev–Trinajstić information content (AvgIpc) is 2.61. The van der Waals surface area contributed by atoms with Gasteiger partial charge in [0.1, 0.15) is 11.2 Å². The van der Waals surface area contributed by atoms with Crippen molar-refractivity contribution < 1.29 is 27.8 Å². The molecule has 26 heavy (non-hydrogen) atoms. The highest BCUT2D eigenvalue weighted by molar-refractivity contribution is 7.89. The molecule has 2 aromatic carbocycles. The van der Waals surface area contributed by atoms with Crippen LogP contribution in [0.2, 0.25) is 0 Å². The molecule has 0 aliphatic carbocycles. The van der Waals surface area contributed by atoms with Gasteiger partial charge in [0.15, 0.2) is 0 Å². The number of fused-ring (bicyclic) bond motifs is 2. The number of carbonyl (C=O) groups is 1. The Balaban J connectivity index is 2.26. The summed E-state index contributed by atoms with van der Waals surface area (Å²) in [4.78, 5) is 23.7. The summed E-state index contributed by atoms with van der Waals surface area (Å²) in [5, 5.41) is 18.1. The second kappa shape index (κ2) is 6.52. The number of hydrogen-bond donors (Lipinski definition) is 2. The van der Waals surface area contributed by atoms with Crippen LogP contribution in [-0.2, 0) is 10.0 Å². The molecule has 0 spiro atoms. The van der Waals surface area contributed by atoms with E-state index in [1.807, 2.05) is 0 Å². The van der Waals surface area contributed by atoms with Gasteiger partial charge in [0.2, 0.25) is 15.5 Å². The number of carboxylic acids is 1. The normalized spacial score (nSPS) is 12.1. The molecule has 8 nitrogen and oxygen atoms in total.